The molecular formula is C12H14BrN5O. The van der Waals surface area contributed by atoms with Crippen molar-refractivity contribution in [2.24, 2.45) is 7.05 Å². The summed E-state index contributed by atoms with van der Waals surface area (Å²) in [5.74, 6) is -0.302. The zero-order chi connectivity index (χ0) is 14.2. The van der Waals surface area contributed by atoms with Gasteiger partial charge in [-0.05, 0) is 41.4 Å². The van der Waals surface area contributed by atoms with Gasteiger partial charge in [-0.2, -0.15) is 5.10 Å². The Kier molecular flexibility index (Phi) is 3.57. The Morgan fingerprint density at radius 2 is 2.16 bits per heavy atom. The average Bonchev–Trinajstić information content (AvgIpc) is 2.58. The number of anilines is 2. The number of nitrogen functional groups attached to an aromatic ring is 1. The van der Waals surface area contributed by atoms with E-state index < -0.39 is 0 Å². The molecule has 0 aliphatic heterocycles. The fourth-order valence-electron chi connectivity index (χ4n) is 1.76. The molecule has 0 aliphatic rings. The van der Waals surface area contributed by atoms with Gasteiger partial charge in [-0.25, -0.2) is 4.98 Å². The molecule has 0 saturated carbocycles. The molecule has 0 atom stereocenters. The molecule has 3 N–H and O–H groups in total. The van der Waals surface area contributed by atoms with E-state index in [0.717, 1.165) is 10.2 Å². The topological polar surface area (TPSA) is 85.8 Å². The Labute approximate surface area is 119 Å². The van der Waals surface area contributed by atoms with Gasteiger partial charge in [0.15, 0.2) is 0 Å². The van der Waals surface area contributed by atoms with Gasteiger partial charge in [-0.15, -0.1) is 0 Å². The summed E-state index contributed by atoms with van der Waals surface area (Å²) in [6, 6.07) is 1.83. The largest absolute Gasteiger partial charge is 0.395 e. The van der Waals surface area contributed by atoms with Crippen LogP contribution in [0.5, 0.6) is 0 Å². The van der Waals surface area contributed by atoms with Crippen molar-refractivity contribution < 1.29 is 4.79 Å². The van der Waals surface area contributed by atoms with E-state index in [1.807, 2.05) is 13.0 Å². The first-order chi connectivity index (χ1) is 8.90. The van der Waals surface area contributed by atoms with Crippen molar-refractivity contribution in [2.75, 3.05) is 11.1 Å². The molecular weight excluding hydrogens is 310 g/mol. The molecule has 2 rings (SSSR count). The second-order valence-electron chi connectivity index (χ2n) is 4.26. The SMILES string of the molecule is Cc1cc(NC(=O)c2c(N)c(C)nn2C)cnc1Br. The first-order valence-electron chi connectivity index (χ1n) is 5.62. The van der Waals surface area contributed by atoms with E-state index in [9.17, 15) is 4.79 Å². The lowest BCUT2D eigenvalue weighted by atomic mass is 10.2. The van der Waals surface area contributed by atoms with Gasteiger partial charge in [-0.1, -0.05) is 0 Å². The van der Waals surface area contributed by atoms with Gasteiger partial charge in [0.1, 0.15) is 10.3 Å². The molecule has 2 aromatic heterocycles. The molecule has 100 valence electrons. The third kappa shape index (κ3) is 2.60. The lowest BCUT2D eigenvalue weighted by molar-refractivity contribution is 0.101. The number of halogens is 1. The number of nitrogens with two attached hydrogens (primary N) is 1. The second kappa shape index (κ2) is 5.00. The van der Waals surface area contributed by atoms with E-state index >= 15 is 0 Å². The molecule has 0 unspecified atom stereocenters. The van der Waals surface area contributed by atoms with Crippen LogP contribution in [-0.2, 0) is 7.05 Å². The number of hydrogen-bond donors (Lipinski definition) is 2. The number of aromatic nitrogens is 3. The van der Waals surface area contributed by atoms with Crippen LogP contribution in [0.15, 0.2) is 16.9 Å². The van der Waals surface area contributed by atoms with Crippen LogP contribution in [0.25, 0.3) is 0 Å². The maximum absolute atomic E-state index is 12.2. The zero-order valence-electron chi connectivity index (χ0n) is 10.9. The van der Waals surface area contributed by atoms with Gasteiger partial charge in [-0.3, -0.25) is 9.48 Å². The summed E-state index contributed by atoms with van der Waals surface area (Å²) in [7, 11) is 1.68. The summed E-state index contributed by atoms with van der Waals surface area (Å²) < 4.78 is 2.22. The van der Waals surface area contributed by atoms with E-state index in [1.54, 1.807) is 20.2 Å². The molecule has 1 amide bonds. The van der Waals surface area contributed by atoms with Crippen molar-refractivity contribution >= 4 is 33.2 Å². The number of nitrogens with one attached hydrogen (secondary N) is 1. The van der Waals surface area contributed by atoms with Crippen LogP contribution in [-0.4, -0.2) is 20.7 Å². The molecule has 0 spiro atoms. The minimum Gasteiger partial charge on any atom is -0.395 e. The van der Waals surface area contributed by atoms with Gasteiger partial charge in [0, 0.05) is 7.05 Å². The molecule has 0 aromatic carbocycles. The van der Waals surface area contributed by atoms with Crippen molar-refractivity contribution in [1.82, 2.24) is 14.8 Å². The summed E-state index contributed by atoms with van der Waals surface area (Å²) >= 11 is 3.31. The summed E-state index contributed by atoms with van der Waals surface area (Å²) in [5.41, 5.74) is 8.77. The number of carbonyl (C=O) groups is 1. The van der Waals surface area contributed by atoms with Crippen molar-refractivity contribution in [1.29, 1.82) is 0 Å². The van der Waals surface area contributed by atoms with Crippen molar-refractivity contribution in [3.05, 3.63) is 33.8 Å². The average molecular weight is 324 g/mol. The van der Waals surface area contributed by atoms with E-state index in [2.05, 4.69) is 31.3 Å². The fourth-order valence-corrected chi connectivity index (χ4v) is 1.98. The van der Waals surface area contributed by atoms with Crippen LogP contribution in [0.2, 0.25) is 0 Å². The van der Waals surface area contributed by atoms with Crippen LogP contribution >= 0.6 is 15.9 Å². The van der Waals surface area contributed by atoms with Crippen LogP contribution in [0, 0.1) is 13.8 Å². The molecule has 7 heteroatoms. The third-order valence-electron chi connectivity index (χ3n) is 2.76. The van der Waals surface area contributed by atoms with Crippen LogP contribution in [0.4, 0.5) is 11.4 Å². The highest BCUT2D eigenvalue weighted by molar-refractivity contribution is 9.10. The molecule has 0 fully saturated rings. The van der Waals surface area contributed by atoms with Gasteiger partial charge < -0.3 is 11.1 Å². The number of aryl methyl sites for hydroxylation is 3. The number of hydrogen-bond acceptors (Lipinski definition) is 4. The van der Waals surface area contributed by atoms with Crippen molar-refractivity contribution in [3.63, 3.8) is 0 Å². The number of amides is 1. The lowest BCUT2D eigenvalue weighted by Crippen LogP contribution is -2.17. The minimum atomic E-state index is -0.302. The van der Waals surface area contributed by atoms with E-state index in [1.165, 1.54) is 4.68 Å². The standard InChI is InChI=1S/C12H14BrN5O/c1-6-4-8(5-15-11(6)13)16-12(19)10-9(14)7(2)17-18(10)3/h4-5H,14H2,1-3H3,(H,16,19). The summed E-state index contributed by atoms with van der Waals surface area (Å²) in [6.45, 7) is 3.66. The van der Waals surface area contributed by atoms with Gasteiger partial charge in [0.2, 0.25) is 0 Å². The molecule has 0 radical (unpaired) electrons. The first kappa shape index (κ1) is 13.5. The molecule has 2 heterocycles. The first-order valence-corrected chi connectivity index (χ1v) is 6.42. The normalized spacial score (nSPS) is 10.5. The number of carbonyl (C=O) groups excluding carboxylic acids is 1. The molecule has 0 aliphatic carbocycles. The number of nitrogens with zero attached hydrogens (tertiary/aromatic N) is 3. The van der Waals surface area contributed by atoms with Crippen molar-refractivity contribution in [2.45, 2.75) is 13.8 Å². The maximum Gasteiger partial charge on any atom is 0.276 e. The Morgan fingerprint density at radius 3 is 2.68 bits per heavy atom. The Bertz CT molecular complexity index is 650. The third-order valence-corrected chi connectivity index (χ3v) is 3.59. The quantitative estimate of drug-likeness (QED) is 0.828. The lowest BCUT2D eigenvalue weighted by Gasteiger charge is -2.07. The monoisotopic (exact) mass is 323 g/mol. The molecule has 2 aromatic rings. The Balaban J connectivity index is 2.28. The van der Waals surface area contributed by atoms with Crippen LogP contribution in [0.1, 0.15) is 21.7 Å². The Morgan fingerprint density at radius 1 is 1.47 bits per heavy atom. The fraction of sp³-hybridized carbons (Fsp3) is 0.250. The molecule has 0 saturated heterocycles. The van der Waals surface area contributed by atoms with E-state index in [0.29, 0.717) is 22.8 Å². The Hall–Kier alpha value is -1.89. The number of rotatable bonds is 2. The van der Waals surface area contributed by atoms with Gasteiger partial charge in [0.25, 0.3) is 5.91 Å². The predicted molar refractivity (Wildman–Crippen MR) is 77.0 cm³/mol. The van der Waals surface area contributed by atoms with Gasteiger partial charge in [0.05, 0.1) is 23.3 Å². The molecule has 19 heavy (non-hydrogen) atoms. The maximum atomic E-state index is 12.2. The smallest absolute Gasteiger partial charge is 0.276 e. The van der Waals surface area contributed by atoms with E-state index in [4.69, 9.17) is 5.73 Å². The van der Waals surface area contributed by atoms with Crippen LogP contribution in [0.3, 0.4) is 0 Å². The van der Waals surface area contributed by atoms with Crippen LogP contribution < -0.4 is 11.1 Å². The van der Waals surface area contributed by atoms with Gasteiger partial charge >= 0.3 is 0 Å². The molecule has 0 bridgehead atoms. The minimum absolute atomic E-state index is 0.302. The second-order valence-corrected chi connectivity index (χ2v) is 5.01. The summed E-state index contributed by atoms with van der Waals surface area (Å²) in [6.07, 6.45) is 1.58. The highest BCUT2D eigenvalue weighted by Gasteiger charge is 2.18. The predicted octanol–water partition coefficient (Wildman–Crippen LogP) is 2.03. The number of pyridine rings is 1. The summed E-state index contributed by atoms with van der Waals surface area (Å²) in [4.78, 5) is 16.3. The van der Waals surface area contributed by atoms with E-state index in [-0.39, 0.29) is 5.91 Å². The summed E-state index contributed by atoms with van der Waals surface area (Å²) in [5, 5.41) is 6.87. The highest BCUT2D eigenvalue weighted by Crippen LogP contribution is 2.20. The molecule has 6 nitrogen and oxygen atoms in total. The van der Waals surface area contributed by atoms with Crippen molar-refractivity contribution in [3.8, 4) is 0 Å². The highest BCUT2D eigenvalue weighted by atomic mass is 79.9. The zero-order valence-corrected chi connectivity index (χ0v) is 12.4.